The van der Waals surface area contributed by atoms with Gasteiger partial charge in [0.05, 0.1) is 0 Å². The fourth-order valence-electron chi connectivity index (χ4n) is 3.16. The van der Waals surface area contributed by atoms with Crippen molar-refractivity contribution < 1.29 is 9.59 Å². The Morgan fingerprint density at radius 1 is 1.28 bits per heavy atom. The Morgan fingerprint density at radius 2 is 2.00 bits per heavy atom. The summed E-state index contributed by atoms with van der Waals surface area (Å²) < 4.78 is 0. The van der Waals surface area contributed by atoms with Crippen molar-refractivity contribution in [1.82, 2.24) is 10.6 Å². The number of hydrogen-bond acceptors (Lipinski definition) is 3. The van der Waals surface area contributed by atoms with Crippen molar-refractivity contribution in [3.63, 3.8) is 0 Å². The van der Waals surface area contributed by atoms with Crippen molar-refractivity contribution in [3.05, 3.63) is 29.8 Å². The summed E-state index contributed by atoms with van der Waals surface area (Å²) in [6, 6.07) is 7.12. The van der Waals surface area contributed by atoms with Crippen molar-refractivity contribution in [1.29, 1.82) is 0 Å². The molecule has 1 aliphatic heterocycles. The molecule has 1 saturated heterocycles. The molecule has 1 atom stereocenters. The van der Waals surface area contributed by atoms with Crippen LogP contribution in [0.4, 0.5) is 5.69 Å². The van der Waals surface area contributed by atoms with Gasteiger partial charge in [-0.2, -0.15) is 0 Å². The van der Waals surface area contributed by atoms with Gasteiger partial charge in [0.15, 0.2) is 0 Å². The van der Waals surface area contributed by atoms with Crippen molar-refractivity contribution in [2.75, 3.05) is 25.0 Å². The van der Waals surface area contributed by atoms with E-state index in [0.29, 0.717) is 36.1 Å². The first-order valence-electron chi connectivity index (χ1n) is 8.99. The molecule has 1 aromatic carbocycles. The van der Waals surface area contributed by atoms with Crippen molar-refractivity contribution >= 4 is 29.9 Å². The van der Waals surface area contributed by atoms with Crippen LogP contribution in [0.25, 0.3) is 0 Å². The molecule has 2 rings (SSSR count). The van der Waals surface area contributed by atoms with Crippen LogP contribution < -0.4 is 16.0 Å². The van der Waals surface area contributed by atoms with Gasteiger partial charge in [-0.1, -0.05) is 19.9 Å². The Balaban J connectivity index is 0.00000312. The quantitative estimate of drug-likeness (QED) is 0.693. The van der Waals surface area contributed by atoms with Crippen molar-refractivity contribution in [3.8, 4) is 0 Å². The molecule has 25 heavy (non-hydrogen) atoms. The Labute approximate surface area is 156 Å². The molecule has 0 aliphatic carbocycles. The Hall–Kier alpha value is -1.59. The Morgan fingerprint density at radius 3 is 2.68 bits per heavy atom. The zero-order valence-electron chi connectivity index (χ0n) is 15.1. The average molecular weight is 368 g/mol. The molecule has 140 valence electrons. The molecule has 0 bridgehead atoms. The number of piperidine rings is 1. The monoisotopic (exact) mass is 367 g/mol. The van der Waals surface area contributed by atoms with Crippen LogP contribution in [0, 0.1) is 11.8 Å². The second kappa shape index (κ2) is 11.1. The first-order valence-corrected chi connectivity index (χ1v) is 8.99. The molecule has 1 unspecified atom stereocenters. The van der Waals surface area contributed by atoms with E-state index in [9.17, 15) is 9.59 Å². The molecule has 1 aromatic rings. The van der Waals surface area contributed by atoms with Gasteiger partial charge in [0.1, 0.15) is 0 Å². The van der Waals surface area contributed by atoms with Gasteiger partial charge in [0.25, 0.3) is 5.91 Å². The molecule has 1 fully saturated rings. The van der Waals surface area contributed by atoms with E-state index in [1.54, 1.807) is 18.2 Å². The van der Waals surface area contributed by atoms with E-state index in [-0.39, 0.29) is 24.2 Å². The van der Waals surface area contributed by atoms with Gasteiger partial charge in [-0.3, -0.25) is 9.59 Å². The van der Waals surface area contributed by atoms with Gasteiger partial charge >= 0.3 is 0 Å². The van der Waals surface area contributed by atoms with Crippen LogP contribution >= 0.6 is 12.4 Å². The van der Waals surface area contributed by atoms with E-state index >= 15 is 0 Å². The number of carbonyl (C=O) groups is 2. The van der Waals surface area contributed by atoms with E-state index in [2.05, 4.69) is 22.9 Å². The highest BCUT2D eigenvalue weighted by atomic mass is 35.5. The molecule has 1 heterocycles. The minimum atomic E-state index is -0.101. The molecular formula is C19H30ClN3O2. The highest BCUT2D eigenvalue weighted by molar-refractivity contribution is 5.97. The van der Waals surface area contributed by atoms with Crippen LogP contribution in [0.1, 0.15) is 49.9 Å². The van der Waals surface area contributed by atoms with Gasteiger partial charge in [0, 0.05) is 24.2 Å². The summed E-state index contributed by atoms with van der Waals surface area (Å²) in [6.45, 7) is 6.92. The number of halogens is 1. The molecule has 1 aliphatic rings. The van der Waals surface area contributed by atoms with Crippen LogP contribution in [0.5, 0.6) is 0 Å². The normalized spacial score (nSPS) is 15.8. The highest BCUT2D eigenvalue weighted by Gasteiger charge is 2.22. The Kier molecular flexibility index (Phi) is 9.53. The van der Waals surface area contributed by atoms with Crippen LogP contribution in [-0.2, 0) is 4.79 Å². The van der Waals surface area contributed by atoms with Gasteiger partial charge in [-0.05, 0) is 62.4 Å². The van der Waals surface area contributed by atoms with Crippen LogP contribution in [0.15, 0.2) is 24.3 Å². The first-order chi connectivity index (χ1) is 11.6. The molecule has 0 aromatic heterocycles. The maximum absolute atomic E-state index is 12.3. The van der Waals surface area contributed by atoms with E-state index < -0.39 is 0 Å². The summed E-state index contributed by atoms with van der Waals surface area (Å²) >= 11 is 0. The van der Waals surface area contributed by atoms with E-state index in [1.165, 1.54) is 0 Å². The fourth-order valence-corrected chi connectivity index (χ4v) is 3.16. The van der Waals surface area contributed by atoms with Crippen LogP contribution in [0.3, 0.4) is 0 Å². The van der Waals surface area contributed by atoms with Crippen molar-refractivity contribution in [2.24, 2.45) is 11.8 Å². The molecular weight excluding hydrogens is 338 g/mol. The lowest BCUT2D eigenvalue weighted by molar-refractivity contribution is -0.117. The van der Waals surface area contributed by atoms with Gasteiger partial charge < -0.3 is 16.0 Å². The first kappa shape index (κ1) is 21.5. The largest absolute Gasteiger partial charge is 0.352 e. The lowest BCUT2D eigenvalue weighted by atomic mass is 9.84. The SMILES string of the molecule is CCCNC(=O)c1cccc(NC(=O)CC(C)C2CCNCC2)c1.Cl. The second-order valence-electron chi connectivity index (χ2n) is 6.65. The topological polar surface area (TPSA) is 70.2 Å². The smallest absolute Gasteiger partial charge is 0.251 e. The number of benzene rings is 1. The molecule has 0 spiro atoms. The maximum atomic E-state index is 12.3. The molecule has 2 amide bonds. The molecule has 3 N–H and O–H groups in total. The zero-order chi connectivity index (χ0) is 17.4. The number of anilines is 1. The minimum absolute atomic E-state index is 0. The van der Waals surface area contributed by atoms with Crippen molar-refractivity contribution in [2.45, 2.75) is 39.5 Å². The van der Waals surface area contributed by atoms with Crippen LogP contribution in [0.2, 0.25) is 0 Å². The standard InChI is InChI=1S/C19H29N3O2.ClH/c1-3-9-21-19(24)16-5-4-6-17(13-16)22-18(23)12-14(2)15-7-10-20-11-8-15;/h4-6,13-15,20H,3,7-12H2,1-2H3,(H,21,24)(H,22,23);1H. The maximum Gasteiger partial charge on any atom is 0.251 e. The average Bonchev–Trinajstić information content (AvgIpc) is 2.60. The Bertz CT molecular complexity index is 559. The number of amides is 2. The molecule has 6 heteroatoms. The lowest BCUT2D eigenvalue weighted by Crippen LogP contribution is -2.32. The van der Waals surface area contributed by atoms with E-state index in [1.807, 2.05) is 13.0 Å². The predicted octanol–water partition coefficient (Wildman–Crippen LogP) is 3.21. The summed E-state index contributed by atoms with van der Waals surface area (Å²) in [5.41, 5.74) is 1.26. The summed E-state index contributed by atoms with van der Waals surface area (Å²) in [7, 11) is 0. The minimum Gasteiger partial charge on any atom is -0.352 e. The van der Waals surface area contributed by atoms with Gasteiger partial charge in [-0.15, -0.1) is 12.4 Å². The summed E-state index contributed by atoms with van der Waals surface area (Å²) in [4.78, 5) is 24.3. The summed E-state index contributed by atoms with van der Waals surface area (Å²) in [5.74, 6) is 0.912. The van der Waals surface area contributed by atoms with Gasteiger partial charge in [0.2, 0.25) is 5.91 Å². The number of rotatable bonds is 7. The summed E-state index contributed by atoms with van der Waals surface area (Å²) in [6.07, 6.45) is 3.71. The third-order valence-corrected chi connectivity index (χ3v) is 4.64. The van der Waals surface area contributed by atoms with Gasteiger partial charge in [-0.25, -0.2) is 0 Å². The third kappa shape index (κ3) is 7.04. The fraction of sp³-hybridized carbons (Fsp3) is 0.579. The molecule has 0 radical (unpaired) electrons. The summed E-state index contributed by atoms with van der Waals surface area (Å²) in [5, 5.41) is 9.13. The third-order valence-electron chi connectivity index (χ3n) is 4.64. The lowest BCUT2D eigenvalue weighted by Gasteiger charge is -2.27. The van der Waals surface area contributed by atoms with E-state index in [4.69, 9.17) is 0 Å². The number of carbonyl (C=O) groups excluding carboxylic acids is 2. The second-order valence-corrected chi connectivity index (χ2v) is 6.65. The highest BCUT2D eigenvalue weighted by Crippen LogP contribution is 2.24. The predicted molar refractivity (Wildman–Crippen MR) is 104 cm³/mol. The number of nitrogens with one attached hydrogen (secondary N) is 3. The molecule has 0 saturated carbocycles. The van der Waals surface area contributed by atoms with Crippen LogP contribution in [-0.4, -0.2) is 31.4 Å². The van der Waals surface area contributed by atoms with E-state index in [0.717, 1.165) is 32.4 Å². The number of hydrogen-bond donors (Lipinski definition) is 3. The zero-order valence-corrected chi connectivity index (χ0v) is 16.0. The molecule has 5 nitrogen and oxygen atoms in total.